The first kappa shape index (κ1) is 25.1. The first-order valence-electron chi connectivity index (χ1n) is 11.6. The van der Waals surface area contributed by atoms with E-state index in [9.17, 15) is 28.7 Å². The van der Waals surface area contributed by atoms with Gasteiger partial charge in [-0.2, -0.15) is 0 Å². The average Bonchev–Trinajstić information content (AvgIpc) is 2.85. The van der Waals surface area contributed by atoms with E-state index in [1.54, 1.807) is 19.2 Å². The second-order valence-electron chi connectivity index (χ2n) is 8.88. The molecular formula is C25H28FN5O5. The number of benzene rings is 2. The highest BCUT2D eigenvalue weighted by atomic mass is 19.1. The third kappa shape index (κ3) is 5.46. The number of carbonyl (C=O) groups is 4. The van der Waals surface area contributed by atoms with E-state index < -0.39 is 35.9 Å². The van der Waals surface area contributed by atoms with Crippen LogP contribution in [-0.2, 0) is 27.5 Å². The number of halogens is 1. The number of hydrogen-bond acceptors (Lipinski definition) is 5. The molecule has 2 aromatic carbocycles. The van der Waals surface area contributed by atoms with Gasteiger partial charge in [-0.05, 0) is 29.7 Å². The summed E-state index contributed by atoms with van der Waals surface area (Å²) in [5.74, 6) is -2.26. The van der Waals surface area contributed by atoms with Crippen LogP contribution in [0.15, 0.2) is 54.6 Å². The minimum atomic E-state index is -1.09. The SMILES string of the molecule is CN1CC(=O)N2[C@@H](CCC(=O)O)C(=O)N(Cc3ccc(F)cc3)C[C@@H]2N1C(=O)NCc1ccccc1. The predicted octanol–water partition coefficient (Wildman–Crippen LogP) is 1.63. The van der Waals surface area contributed by atoms with Gasteiger partial charge in [-0.3, -0.25) is 14.4 Å². The Morgan fingerprint density at radius 2 is 1.75 bits per heavy atom. The molecule has 2 aliphatic heterocycles. The molecule has 0 radical (unpaired) electrons. The first-order valence-corrected chi connectivity index (χ1v) is 11.6. The lowest BCUT2D eigenvalue weighted by molar-refractivity contribution is -0.188. The summed E-state index contributed by atoms with van der Waals surface area (Å²) in [4.78, 5) is 53.9. The zero-order valence-electron chi connectivity index (χ0n) is 19.8. The molecule has 2 saturated heterocycles. The van der Waals surface area contributed by atoms with Crippen molar-refractivity contribution >= 4 is 23.8 Å². The summed E-state index contributed by atoms with van der Waals surface area (Å²) in [5.41, 5.74) is 1.57. The molecule has 2 fully saturated rings. The van der Waals surface area contributed by atoms with Crippen molar-refractivity contribution in [3.63, 3.8) is 0 Å². The molecule has 0 aliphatic carbocycles. The zero-order valence-corrected chi connectivity index (χ0v) is 19.8. The lowest BCUT2D eigenvalue weighted by Gasteiger charge is -2.54. The Labute approximate surface area is 207 Å². The molecular weight excluding hydrogens is 469 g/mol. The van der Waals surface area contributed by atoms with E-state index in [1.165, 1.54) is 32.0 Å². The topological polar surface area (TPSA) is 114 Å². The quantitative estimate of drug-likeness (QED) is 0.601. The molecule has 2 aliphatic rings. The summed E-state index contributed by atoms with van der Waals surface area (Å²) in [6.07, 6.45) is -1.23. The molecule has 0 spiro atoms. The van der Waals surface area contributed by atoms with Gasteiger partial charge in [0, 0.05) is 26.6 Å². The normalized spacial score (nSPS) is 20.3. The average molecular weight is 498 g/mol. The van der Waals surface area contributed by atoms with E-state index in [0.29, 0.717) is 5.56 Å². The first-order chi connectivity index (χ1) is 17.2. The maximum absolute atomic E-state index is 13.4. The lowest BCUT2D eigenvalue weighted by Crippen LogP contribution is -2.75. The number of rotatable bonds is 7. The van der Waals surface area contributed by atoms with Crippen molar-refractivity contribution in [2.75, 3.05) is 20.1 Å². The Balaban J connectivity index is 1.61. The molecule has 2 aromatic rings. The molecule has 0 unspecified atom stereocenters. The highest BCUT2D eigenvalue weighted by Crippen LogP contribution is 2.29. The molecule has 0 saturated carbocycles. The van der Waals surface area contributed by atoms with Gasteiger partial charge in [0.25, 0.3) is 0 Å². The third-order valence-electron chi connectivity index (χ3n) is 6.35. The van der Waals surface area contributed by atoms with E-state index in [1.807, 2.05) is 30.3 Å². The number of carbonyl (C=O) groups excluding carboxylic acids is 3. The largest absolute Gasteiger partial charge is 0.481 e. The smallest absolute Gasteiger partial charge is 0.334 e. The van der Waals surface area contributed by atoms with E-state index in [4.69, 9.17) is 0 Å². The number of aliphatic carboxylic acids is 1. The minimum Gasteiger partial charge on any atom is -0.481 e. The van der Waals surface area contributed by atoms with E-state index >= 15 is 0 Å². The number of fused-ring (bicyclic) bond motifs is 1. The molecule has 2 N–H and O–H groups in total. The van der Waals surface area contributed by atoms with Crippen LogP contribution in [0.5, 0.6) is 0 Å². The maximum Gasteiger partial charge on any atom is 0.334 e. The summed E-state index contributed by atoms with van der Waals surface area (Å²) in [6, 6.07) is 13.6. The summed E-state index contributed by atoms with van der Waals surface area (Å²) in [7, 11) is 1.62. The van der Waals surface area contributed by atoms with E-state index in [0.717, 1.165) is 5.56 Å². The Hall–Kier alpha value is -3.99. The van der Waals surface area contributed by atoms with Crippen molar-refractivity contribution in [3.05, 3.63) is 71.5 Å². The Bertz CT molecular complexity index is 1130. The Morgan fingerprint density at radius 3 is 2.42 bits per heavy atom. The minimum absolute atomic E-state index is 0.0224. The predicted molar refractivity (Wildman–Crippen MR) is 126 cm³/mol. The summed E-state index contributed by atoms with van der Waals surface area (Å²) < 4.78 is 13.4. The molecule has 10 nitrogen and oxygen atoms in total. The van der Waals surface area contributed by atoms with Gasteiger partial charge in [0.15, 0.2) is 0 Å². The van der Waals surface area contributed by atoms with E-state index in [2.05, 4.69) is 5.32 Å². The van der Waals surface area contributed by atoms with Crippen LogP contribution in [0.4, 0.5) is 9.18 Å². The molecule has 4 rings (SSSR count). The lowest BCUT2D eigenvalue weighted by atomic mass is 10.0. The third-order valence-corrected chi connectivity index (χ3v) is 6.35. The number of amides is 4. The molecule has 190 valence electrons. The highest BCUT2D eigenvalue weighted by Gasteiger charge is 2.50. The molecule has 2 heterocycles. The van der Waals surface area contributed by atoms with Gasteiger partial charge in [-0.1, -0.05) is 42.5 Å². The number of urea groups is 1. The molecule has 4 amide bonds. The second kappa shape index (κ2) is 10.7. The van der Waals surface area contributed by atoms with Crippen molar-refractivity contribution in [3.8, 4) is 0 Å². The van der Waals surface area contributed by atoms with Gasteiger partial charge in [0.05, 0.1) is 13.1 Å². The van der Waals surface area contributed by atoms with Gasteiger partial charge in [-0.25, -0.2) is 19.2 Å². The Kier molecular flexibility index (Phi) is 7.49. The van der Waals surface area contributed by atoms with Crippen LogP contribution in [0.1, 0.15) is 24.0 Å². The highest BCUT2D eigenvalue weighted by molar-refractivity contribution is 5.91. The van der Waals surface area contributed by atoms with Crippen LogP contribution in [-0.4, -0.2) is 81.1 Å². The van der Waals surface area contributed by atoms with Crippen molar-refractivity contribution in [2.45, 2.75) is 38.1 Å². The van der Waals surface area contributed by atoms with Crippen LogP contribution in [0, 0.1) is 5.82 Å². The van der Waals surface area contributed by atoms with Crippen LogP contribution >= 0.6 is 0 Å². The molecule has 11 heteroatoms. The number of piperazine rings is 1. The van der Waals surface area contributed by atoms with Crippen molar-refractivity contribution in [2.24, 2.45) is 0 Å². The van der Waals surface area contributed by atoms with Gasteiger partial charge >= 0.3 is 12.0 Å². The van der Waals surface area contributed by atoms with Crippen LogP contribution in [0.2, 0.25) is 0 Å². The number of likely N-dealkylation sites (N-methyl/N-ethyl adjacent to an activating group) is 1. The second-order valence-corrected chi connectivity index (χ2v) is 8.88. The van der Waals surface area contributed by atoms with Gasteiger partial charge in [0.1, 0.15) is 18.0 Å². The number of carboxylic acid groups (broad SMARTS) is 1. The van der Waals surface area contributed by atoms with Gasteiger partial charge < -0.3 is 20.2 Å². The number of hydrazine groups is 1. The van der Waals surface area contributed by atoms with Crippen LogP contribution in [0.3, 0.4) is 0 Å². The fraction of sp³-hybridized carbons (Fsp3) is 0.360. The molecule has 36 heavy (non-hydrogen) atoms. The zero-order chi connectivity index (χ0) is 25.8. The number of nitrogens with zero attached hydrogens (tertiary/aromatic N) is 4. The van der Waals surface area contributed by atoms with Crippen molar-refractivity contribution < 1.29 is 28.7 Å². The van der Waals surface area contributed by atoms with Crippen LogP contribution < -0.4 is 5.32 Å². The summed E-state index contributed by atoms with van der Waals surface area (Å²) in [6.45, 7) is 0.286. The fourth-order valence-electron chi connectivity index (χ4n) is 4.65. The number of carboxylic acids is 1. The summed E-state index contributed by atoms with van der Waals surface area (Å²) in [5, 5.41) is 15.0. The fourth-order valence-corrected chi connectivity index (χ4v) is 4.65. The van der Waals surface area contributed by atoms with Gasteiger partial charge in [-0.15, -0.1) is 0 Å². The monoisotopic (exact) mass is 497 g/mol. The number of hydrogen-bond donors (Lipinski definition) is 2. The number of nitrogens with one attached hydrogen (secondary N) is 1. The molecule has 0 bridgehead atoms. The Morgan fingerprint density at radius 1 is 1.06 bits per heavy atom. The van der Waals surface area contributed by atoms with Crippen molar-refractivity contribution in [1.82, 2.24) is 25.1 Å². The van der Waals surface area contributed by atoms with E-state index in [-0.39, 0.29) is 44.9 Å². The van der Waals surface area contributed by atoms with Crippen LogP contribution in [0.25, 0.3) is 0 Å². The van der Waals surface area contributed by atoms with Gasteiger partial charge in [0.2, 0.25) is 11.8 Å². The summed E-state index contributed by atoms with van der Waals surface area (Å²) >= 11 is 0. The standard InChI is InChI=1S/C25H28FN5O5/c1-28-16-22(32)30-20(11-12-23(33)34)24(35)29(14-18-7-9-19(26)10-8-18)15-21(30)31(28)25(36)27-13-17-5-3-2-4-6-17/h2-10,20-21H,11-16H2,1H3,(H,27,36)(H,33,34)/t20-,21-/m0/s1. The maximum atomic E-state index is 13.4. The molecule has 2 atom stereocenters. The van der Waals surface area contributed by atoms with Crippen molar-refractivity contribution in [1.29, 1.82) is 0 Å². The molecule has 0 aromatic heterocycles.